The fraction of sp³-hybridized carbons (Fsp3) is 0.429. The summed E-state index contributed by atoms with van der Waals surface area (Å²) < 4.78 is 0. The van der Waals surface area contributed by atoms with Gasteiger partial charge in [0, 0.05) is 11.8 Å². The summed E-state index contributed by atoms with van der Waals surface area (Å²) >= 11 is 0. The third-order valence-corrected chi connectivity index (χ3v) is 1.32. The fourth-order valence-electron chi connectivity index (χ4n) is 0.855. The van der Waals surface area contributed by atoms with Crippen molar-refractivity contribution in [2.45, 2.75) is 13.2 Å². The number of aryl methyl sites for hydroxylation is 1. The summed E-state index contributed by atoms with van der Waals surface area (Å²) in [7, 11) is 0. The maximum absolute atomic E-state index is 8.56. The zero-order valence-corrected chi connectivity index (χ0v) is 7.23. The molecular formula is C7H12N4O2. The molecule has 0 aromatic carbocycles. The van der Waals surface area contributed by atoms with Crippen molar-refractivity contribution in [2.75, 3.05) is 17.6 Å². The van der Waals surface area contributed by atoms with Crippen LogP contribution in [0.1, 0.15) is 5.69 Å². The number of anilines is 2. The predicted octanol–water partition coefficient (Wildman–Crippen LogP) is -0.910. The van der Waals surface area contributed by atoms with E-state index in [4.69, 9.17) is 15.9 Å². The second-order valence-corrected chi connectivity index (χ2v) is 2.62. The normalized spacial score (nSPS) is 10.5. The zero-order chi connectivity index (χ0) is 9.84. The van der Waals surface area contributed by atoms with E-state index in [1.807, 2.05) is 0 Å². The highest BCUT2D eigenvalue weighted by Gasteiger charge is 2.01. The Hall–Kier alpha value is -1.40. The van der Waals surface area contributed by atoms with Crippen LogP contribution in [-0.4, -0.2) is 33.0 Å². The lowest BCUT2D eigenvalue weighted by Gasteiger charge is -2.06. The van der Waals surface area contributed by atoms with Gasteiger partial charge >= 0.3 is 0 Å². The van der Waals surface area contributed by atoms with Gasteiger partial charge in [-0.1, -0.05) is 0 Å². The second-order valence-electron chi connectivity index (χ2n) is 2.62. The van der Waals surface area contributed by atoms with Crippen LogP contribution in [0.15, 0.2) is 6.07 Å². The van der Waals surface area contributed by atoms with Crippen molar-refractivity contribution in [3.05, 3.63) is 11.8 Å². The Morgan fingerprint density at radius 1 is 1.54 bits per heavy atom. The lowest BCUT2D eigenvalue weighted by atomic mass is 10.4. The summed E-state index contributed by atoms with van der Waals surface area (Å²) in [6.45, 7) is 1.75. The van der Waals surface area contributed by atoms with Crippen molar-refractivity contribution < 1.29 is 10.2 Å². The number of nitrogen functional groups attached to an aromatic ring is 1. The number of aromatic nitrogens is 2. The van der Waals surface area contributed by atoms with E-state index >= 15 is 0 Å². The minimum absolute atomic E-state index is 0.0249. The first-order valence-electron chi connectivity index (χ1n) is 3.79. The summed E-state index contributed by atoms with van der Waals surface area (Å²) in [6.07, 6.45) is -1.43. The van der Waals surface area contributed by atoms with E-state index in [-0.39, 0.29) is 6.54 Å². The Morgan fingerprint density at radius 2 is 2.23 bits per heavy atom. The number of hydrogen-bond donors (Lipinski definition) is 4. The monoisotopic (exact) mass is 184 g/mol. The van der Waals surface area contributed by atoms with Crippen molar-refractivity contribution >= 4 is 11.8 Å². The zero-order valence-electron chi connectivity index (χ0n) is 7.23. The Kier molecular flexibility index (Phi) is 2.99. The van der Waals surface area contributed by atoms with Crippen LogP contribution in [0.25, 0.3) is 0 Å². The van der Waals surface area contributed by atoms with E-state index in [1.54, 1.807) is 13.0 Å². The molecule has 0 atom stereocenters. The number of rotatable bonds is 3. The summed E-state index contributed by atoms with van der Waals surface area (Å²) in [5, 5.41) is 19.7. The molecule has 0 fully saturated rings. The first-order valence-corrected chi connectivity index (χ1v) is 3.79. The topological polar surface area (TPSA) is 104 Å². The smallest absolute Gasteiger partial charge is 0.225 e. The van der Waals surface area contributed by atoms with Gasteiger partial charge in [-0.05, 0) is 6.92 Å². The molecule has 5 N–H and O–H groups in total. The summed E-state index contributed by atoms with van der Waals surface area (Å²) in [5.41, 5.74) is 6.17. The first-order chi connectivity index (χ1) is 6.08. The quantitative estimate of drug-likeness (QED) is 0.453. The van der Waals surface area contributed by atoms with Gasteiger partial charge in [-0.25, -0.2) is 4.98 Å². The van der Waals surface area contributed by atoms with Gasteiger partial charge in [0.05, 0.1) is 6.54 Å². The number of aliphatic hydroxyl groups is 2. The van der Waals surface area contributed by atoms with E-state index < -0.39 is 6.29 Å². The molecule has 6 nitrogen and oxygen atoms in total. The number of aliphatic hydroxyl groups excluding tert-OH is 1. The Balaban J connectivity index is 2.66. The minimum Gasteiger partial charge on any atom is -0.384 e. The molecule has 0 saturated heterocycles. The second kappa shape index (κ2) is 4.01. The molecule has 13 heavy (non-hydrogen) atoms. The number of nitrogens with two attached hydrogens (primary N) is 1. The SMILES string of the molecule is Cc1cc(N)nc(NCC(O)O)n1. The van der Waals surface area contributed by atoms with Gasteiger partial charge in [-0.2, -0.15) is 4.98 Å². The predicted molar refractivity (Wildman–Crippen MR) is 47.9 cm³/mol. The molecule has 6 heteroatoms. The molecule has 0 aliphatic heterocycles. The molecular weight excluding hydrogens is 172 g/mol. The van der Waals surface area contributed by atoms with Gasteiger partial charge in [-0.15, -0.1) is 0 Å². The van der Waals surface area contributed by atoms with Crippen molar-refractivity contribution in [1.82, 2.24) is 9.97 Å². The number of nitrogens with one attached hydrogen (secondary N) is 1. The van der Waals surface area contributed by atoms with Crippen LogP contribution in [0.5, 0.6) is 0 Å². The summed E-state index contributed by atoms with van der Waals surface area (Å²) in [6, 6.07) is 1.63. The molecule has 1 heterocycles. The highest BCUT2D eigenvalue weighted by atomic mass is 16.5. The lowest BCUT2D eigenvalue weighted by Crippen LogP contribution is -2.19. The summed E-state index contributed by atoms with van der Waals surface area (Å²) in [4.78, 5) is 7.82. The third kappa shape index (κ3) is 3.22. The van der Waals surface area contributed by atoms with Crippen LogP contribution in [-0.2, 0) is 0 Å². The van der Waals surface area contributed by atoms with Crippen LogP contribution >= 0.6 is 0 Å². The Bertz CT molecular complexity index is 270. The van der Waals surface area contributed by atoms with Crippen molar-refractivity contribution in [1.29, 1.82) is 0 Å². The fourth-order valence-corrected chi connectivity index (χ4v) is 0.855. The molecule has 72 valence electrons. The Labute approximate surface area is 75.4 Å². The minimum atomic E-state index is -1.43. The van der Waals surface area contributed by atoms with E-state index in [2.05, 4.69) is 15.3 Å². The molecule has 0 amide bonds. The average Bonchev–Trinajstić information content (AvgIpc) is 1.99. The maximum Gasteiger partial charge on any atom is 0.225 e. The van der Waals surface area contributed by atoms with Crippen LogP contribution in [0.2, 0.25) is 0 Å². The molecule has 0 aliphatic rings. The first kappa shape index (κ1) is 9.69. The molecule has 0 bridgehead atoms. The van der Waals surface area contributed by atoms with Crippen molar-refractivity contribution in [3.8, 4) is 0 Å². The molecule has 1 aromatic heterocycles. The number of nitrogens with zero attached hydrogens (tertiary/aromatic N) is 2. The van der Waals surface area contributed by atoms with Gasteiger partial charge in [0.1, 0.15) is 5.82 Å². The maximum atomic E-state index is 8.56. The molecule has 0 spiro atoms. The van der Waals surface area contributed by atoms with Crippen molar-refractivity contribution in [2.24, 2.45) is 0 Å². The van der Waals surface area contributed by atoms with Gasteiger partial charge in [0.25, 0.3) is 0 Å². The van der Waals surface area contributed by atoms with E-state index in [9.17, 15) is 0 Å². The van der Waals surface area contributed by atoms with Crippen molar-refractivity contribution in [3.63, 3.8) is 0 Å². The Morgan fingerprint density at radius 3 is 2.77 bits per heavy atom. The lowest BCUT2D eigenvalue weighted by molar-refractivity contribution is -0.0276. The highest BCUT2D eigenvalue weighted by molar-refractivity contribution is 5.37. The van der Waals surface area contributed by atoms with Gasteiger partial charge in [0.15, 0.2) is 6.29 Å². The molecule has 0 radical (unpaired) electrons. The van der Waals surface area contributed by atoms with E-state index in [1.165, 1.54) is 0 Å². The van der Waals surface area contributed by atoms with Crippen LogP contribution in [0.3, 0.4) is 0 Å². The average molecular weight is 184 g/mol. The molecule has 0 unspecified atom stereocenters. The van der Waals surface area contributed by atoms with E-state index in [0.29, 0.717) is 11.8 Å². The van der Waals surface area contributed by atoms with Gasteiger partial charge < -0.3 is 21.3 Å². The van der Waals surface area contributed by atoms with Crippen LogP contribution in [0, 0.1) is 6.92 Å². The van der Waals surface area contributed by atoms with Crippen LogP contribution in [0.4, 0.5) is 11.8 Å². The van der Waals surface area contributed by atoms with Gasteiger partial charge in [0.2, 0.25) is 5.95 Å². The van der Waals surface area contributed by atoms with Crippen LogP contribution < -0.4 is 11.1 Å². The highest BCUT2D eigenvalue weighted by Crippen LogP contribution is 2.05. The standard InChI is InChI=1S/C7H12N4O2/c1-4-2-5(8)11-7(10-4)9-3-6(12)13/h2,6,12-13H,3H2,1H3,(H3,8,9,10,11). The van der Waals surface area contributed by atoms with E-state index in [0.717, 1.165) is 5.69 Å². The largest absolute Gasteiger partial charge is 0.384 e. The van der Waals surface area contributed by atoms with Gasteiger partial charge in [-0.3, -0.25) is 0 Å². The number of hydrogen-bond acceptors (Lipinski definition) is 6. The molecule has 0 aliphatic carbocycles. The summed E-state index contributed by atoms with van der Waals surface area (Å²) in [5.74, 6) is 0.646. The molecule has 1 rings (SSSR count). The molecule has 0 saturated carbocycles. The molecule has 1 aromatic rings. The third-order valence-electron chi connectivity index (χ3n) is 1.32.